The van der Waals surface area contributed by atoms with Gasteiger partial charge >= 0.3 is 0 Å². The van der Waals surface area contributed by atoms with Crippen LogP contribution in [0.2, 0.25) is 0 Å². The lowest BCUT2D eigenvalue weighted by Crippen LogP contribution is -2.06. The van der Waals surface area contributed by atoms with Crippen LogP contribution in [0.5, 0.6) is 0 Å². The maximum absolute atomic E-state index is 12.4. The molecule has 2 rings (SSSR count). The van der Waals surface area contributed by atoms with Crippen molar-refractivity contribution < 1.29 is 13.2 Å². The SMILES string of the molecule is CCc1ccc(C(=O)c2cc(N)cc(S(C)(=O)=O)c2)cc1. The first-order chi connectivity index (χ1) is 9.81. The molecule has 2 aromatic carbocycles. The van der Waals surface area contributed by atoms with Gasteiger partial charge in [0.05, 0.1) is 4.90 Å². The van der Waals surface area contributed by atoms with E-state index in [1.54, 1.807) is 12.1 Å². The summed E-state index contributed by atoms with van der Waals surface area (Å²) in [4.78, 5) is 12.5. The standard InChI is InChI=1S/C16H17NO3S/c1-3-11-4-6-12(7-5-11)16(18)13-8-14(17)10-15(9-13)21(2,19)20/h4-10H,3,17H2,1-2H3. The van der Waals surface area contributed by atoms with Crippen molar-refractivity contribution in [3.8, 4) is 0 Å². The zero-order chi connectivity index (χ0) is 15.6. The van der Waals surface area contributed by atoms with Crippen molar-refractivity contribution in [1.82, 2.24) is 0 Å². The molecule has 4 nitrogen and oxygen atoms in total. The number of hydrogen-bond acceptors (Lipinski definition) is 4. The second kappa shape index (κ2) is 5.69. The van der Waals surface area contributed by atoms with E-state index >= 15 is 0 Å². The summed E-state index contributed by atoms with van der Waals surface area (Å²) >= 11 is 0. The first-order valence-corrected chi connectivity index (χ1v) is 8.44. The van der Waals surface area contributed by atoms with E-state index < -0.39 is 9.84 Å². The smallest absolute Gasteiger partial charge is 0.193 e. The second-order valence-corrected chi connectivity index (χ2v) is 6.96. The third-order valence-corrected chi connectivity index (χ3v) is 4.34. The summed E-state index contributed by atoms with van der Waals surface area (Å²) in [6, 6.07) is 11.5. The first-order valence-electron chi connectivity index (χ1n) is 6.55. The molecule has 0 aliphatic heterocycles. The Kier molecular flexibility index (Phi) is 4.14. The monoisotopic (exact) mass is 303 g/mol. The van der Waals surface area contributed by atoms with E-state index in [9.17, 15) is 13.2 Å². The quantitative estimate of drug-likeness (QED) is 0.695. The van der Waals surface area contributed by atoms with Crippen LogP contribution < -0.4 is 5.73 Å². The van der Waals surface area contributed by atoms with E-state index in [-0.39, 0.29) is 21.9 Å². The van der Waals surface area contributed by atoms with Crippen LogP contribution in [0, 0.1) is 0 Å². The highest BCUT2D eigenvalue weighted by Crippen LogP contribution is 2.20. The molecular weight excluding hydrogens is 286 g/mol. The van der Waals surface area contributed by atoms with Gasteiger partial charge in [-0.05, 0) is 30.2 Å². The number of sulfone groups is 1. The van der Waals surface area contributed by atoms with Crippen molar-refractivity contribution >= 4 is 21.3 Å². The molecule has 0 aliphatic carbocycles. The molecule has 0 spiro atoms. The Morgan fingerprint density at radius 3 is 2.19 bits per heavy atom. The van der Waals surface area contributed by atoms with Crippen LogP contribution in [-0.4, -0.2) is 20.5 Å². The summed E-state index contributed by atoms with van der Waals surface area (Å²) in [5.74, 6) is -0.241. The zero-order valence-electron chi connectivity index (χ0n) is 12.0. The molecule has 0 aliphatic rings. The van der Waals surface area contributed by atoms with Gasteiger partial charge in [0, 0.05) is 23.1 Å². The Morgan fingerprint density at radius 1 is 1.05 bits per heavy atom. The number of aryl methyl sites for hydroxylation is 1. The highest BCUT2D eigenvalue weighted by atomic mass is 32.2. The van der Waals surface area contributed by atoms with Gasteiger partial charge < -0.3 is 5.73 Å². The van der Waals surface area contributed by atoms with E-state index in [2.05, 4.69) is 0 Å². The molecule has 0 aromatic heterocycles. The van der Waals surface area contributed by atoms with E-state index in [1.165, 1.54) is 18.2 Å². The first kappa shape index (κ1) is 15.3. The van der Waals surface area contributed by atoms with Gasteiger partial charge in [-0.3, -0.25) is 4.79 Å². The number of carbonyl (C=O) groups excluding carboxylic acids is 1. The van der Waals surface area contributed by atoms with Crippen LogP contribution in [0.3, 0.4) is 0 Å². The zero-order valence-corrected chi connectivity index (χ0v) is 12.8. The van der Waals surface area contributed by atoms with Crippen molar-refractivity contribution in [3.63, 3.8) is 0 Å². The molecule has 0 amide bonds. The lowest BCUT2D eigenvalue weighted by atomic mass is 10.0. The minimum absolute atomic E-state index is 0.0519. The number of benzene rings is 2. The average Bonchev–Trinajstić information content (AvgIpc) is 2.45. The second-order valence-electron chi connectivity index (χ2n) is 4.94. The van der Waals surface area contributed by atoms with Crippen LogP contribution >= 0.6 is 0 Å². The number of carbonyl (C=O) groups is 1. The molecule has 2 aromatic rings. The maximum atomic E-state index is 12.4. The Balaban J connectivity index is 2.45. The third-order valence-electron chi connectivity index (χ3n) is 3.24. The summed E-state index contributed by atoms with van der Waals surface area (Å²) < 4.78 is 23.2. The predicted molar refractivity (Wildman–Crippen MR) is 83.2 cm³/mol. The summed E-state index contributed by atoms with van der Waals surface area (Å²) in [6.45, 7) is 2.03. The summed E-state index contributed by atoms with van der Waals surface area (Å²) in [5, 5.41) is 0. The lowest BCUT2D eigenvalue weighted by molar-refractivity contribution is 0.103. The number of rotatable bonds is 4. The fraction of sp³-hybridized carbons (Fsp3) is 0.188. The highest BCUT2D eigenvalue weighted by Gasteiger charge is 2.15. The van der Waals surface area contributed by atoms with Crippen molar-refractivity contribution in [1.29, 1.82) is 0 Å². The number of ketones is 1. The molecule has 21 heavy (non-hydrogen) atoms. The molecular formula is C16H17NO3S. The van der Waals surface area contributed by atoms with Crippen molar-refractivity contribution in [2.45, 2.75) is 18.2 Å². The van der Waals surface area contributed by atoms with E-state index in [1.807, 2.05) is 19.1 Å². The van der Waals surface area contributed by atoms with Crippen LogP contribution in [0.1, 0.15) is 28.4 Å². The van der Waals surface area contributed by atoms with Gasteiger partial charge in [-0.15, -0.1) is 0 Å². The fourth-order valence-electron chi connectivity index (χ4n) is 2.03. The molecule has 110 valence electrons. The van der Waals surface area contributed by atoms with Gasteiger partial charge in [0.25, 0.3) is 0 Å². The van der Waals surface area contributed by atoms with Crippen LogP contribution in [0.25, 0.3) is 0 Å². The molecule has 0 radical (unpaired) electrons. The third kappa shape index (κ3) is 3.49. The Morgan fingerprint density at radius 2 is 1.67 bits per heavy atom. The Bertz CT molecular complexity index is 778. The lowest BCUT2D eigenvalue weighted by Gasteiger charge is -2.06. The summed E-state index contributed by atoms with van der Waals surface area (Å²) in [6.07, 6.45) is 1.98. The summed E-state index contributed by atoms with van der Waals surface area (Å²) in [7, 11) is -3.41. The van der Waals surface area contributed by atoms with Gasteiger partial charge in [-0.25, -0.2) is 8.42 Å². The molecule has 0 saturated heterocycles. The molecule has 0 atom stereocenters. The normalized spacial score (nSPS) is 11.3. The van der Waals surface area contributed by atoms with Crippen molar-refractivity contribution in [2.75, 3.05) is 12.0 Å². The van der Waals surface area contributed by atoms with Crippen molar-refractivity contribution in [3.05, 3.63) is 59.2 Å². The van der Waals surface area contributed by atoms with Gasteiger partial charge in [-0.1, -0.05) is 31.2 Å². The fourth-order valence-corrected chi connectivity index (χ4v) is 2.72. The topological polar surface area (TPSA) is 77.2 Å². The average molecular weight is 303 g/mol. The number of anilines is 1. The van der Waals surface area contributed by atoms with Crippen LogP contribution in [0.4, 0.5) is 5.69 Å². The molecule has 0 saturated carbocycles. The molecule has 0 bridgehead atoms. The number of nitrogen functional groups attached to an aromatic ring is 1. The largest absolute Gasteiger partial charge is 0.399 e. The van der Waals surface area contributed by atoms with Gasteiger partial charge in [0.15, 0.2) is 15.6 Å². The number of nitrogens with two attached hydrogens (primary N) is 1. The molecule has 2 N–H and O–H groups in total. The van der Waals surface area contributed by atoms with E-state index in [0.29, 0.717) is 5.56 Å². The van der Waals surface area contributed by atoms with Gasteiger partial charge in [0.2, 0.25) is 0 Å². The predicted octanol–water partition coefficient (Wildman–Crippen LogP) is 2.47. The molecule has 0 fully saturated rings. The Hall–Kier alpha value is -2.14. The minimum Gasteiger partial charge on any atom is -0.399 e. The summed E-state index contributed by atoms with van der Waals surface area (Å²) in [5.41, 5.74) is 7.88. The van der Waals surface area contributed by atoms with Crippen LogP contribution in [-0.2, 0) is 16.3 Å². The van der Waals surface area contributed by atoms with E-state index in [4.69, 9.17) is 5.73 Å². The number of hydrogen-bond donors (Lipinski definition) is 1. The molecule has 0 heterocycles. The van der Waals surface area contributed by atoms with Crippen molar-refractivity contribution in [2.24, 2.45) is 0 Å². The highest BCUT2D eigenvalue weighted by molar-refractivity contribution is 7.90. The van der Waals surface area contributed by atoms with Gasteiger partial charge in [-0.2, -0.15) is 0 Å². The van der Waals surface area contributed by atoms with Crippen LogP contribution in [0.15, 0.2) is 47.4 Å². The Labute approximate surface area is 124 Å². The maximum Gasteiger partial charge on any atom is 0.193 e. The van der Waals surface area contributed by atoms with Gasteiger partial charge in [0.1, 0.15) is 0 Å². The minimum atomic E-state index is -3.41. The molecule has 5 heteroatoms. The molecule has 0 unspecified atom stereocenters. The van der Waals surface area contributed by atoms with E-state index in [0.717, 1.165) is 18.2 Å².